The van der Waals surface area contributed by atoms with Gasteiger partial charge in [0.2, 0.25) is 5.95 Å². The smallest absolute Gasteiger partial charge is 0.274 e. The van der Waals surface area contributed by atoms with Crippen molar-refractivity contribution in [1.29, 1.82) is 0 Å². The molecule has 142 valence electrons. The number of rotatable bonds is 5. The molecule has 6 nitrogen and oxygen atoms in total. The molecular formula is C21H20FN5O. The molecule has 7 heteroatoms. The lowest BCUT2D eigenvalue weighted by Gasteiger charge is -2.13. The van der Waals surface area contributed by atoms with Gasteiger partial charge in [0.15, 0.2) is 0 Å². The molecule has 0 spiro atoms. The summed E-state index contributed by atoms with van der Waals surface area (Å²) in [5.74, 6) is -0.204. The van der Waals surface area contributed by atoms with Crippen LogP contribution in [0.25, 0.3) is 11.1 Å². The molecular weight excluding hydrogens is 357 g/mol. The summed E-state index contributed by atoms with van der Waals surface area (Å²) in [6, 6.07) is 9.80. The lowest BCUT2D eigenvalue weighted by atomic mass is 10.1. The molecule has 0 unspecified atom stereocenters. The minimum atomic E-state index is -0.353. The molecule has 1 aliphatic carbocycles. The van der Waals surface area contributed by atoms with Gasteiger partial charge in [-0.3, -0.25) is 9.78 Å². The van der Waals surface area contributed by atoms with Crippen molar-refractivity contribution in [3.05, 3.63) is 66.5 Å². The Hall–Kier alpha value is -3.35. The monoisotopic (exact) mass is 377 g/mol. The van der Waals surface area contributed by atoms with E-state index in [9.17, 15) is 9.18 Å². The third-order valence-electron chi connectivity index (χ3n) is 4.80. The van der Waals surface area contributed by atoms with Crippen LogP contribution in [-0.2, 0) is 0 Å². The van der Waals surface area contributed by atoms with Gasteiger partial charge in [0, 0.05) is 24.0 Å². The van der Waals surface area contributed by atoms with Gasteiger partial charge in [0.05, 0.1) is 11.9 Å². The molecule has 1 amide bonds. The zero-order valence-corrected chi connectivity index (χ0v) is 15.2. The van der Waals surface area contributed by atoms with Crippen LogP contribution in [0, 0.1) is 5.82 Å². The van der Waals surface area contributed by atoms with E-state index in [0.29, 0.717) is 17.7 Å². The first-order valence-corrected chi connectivity index (χ1v) is 9.30. The van der Waals surface area contributed by atoms with Crippen molar-refractivity contribution in [3.8, 4) is 11.1 Å². The molecule has 1 fully saturated rings. The Kier molecular flexibility index (Phi) is 5.23. The minimum absolute atomic E-state index is 0.268. The number of hydrogen-bond acceptors (Lipinski definition) is 5. The lowest BCUT2D eigenvalue weighted by Crippen LogP contribution is -2.19. The summed E-state index contributed by atoms with van der Waals surface area (Å²) in [6.07, 6.45) is 9.35. The van der Waals surface area contributed by atoms with Crippen molar-refractivity contribution in [1.82, 2.24) is 15.0 Å². The molecule has 3 aromatic rings. The first-order valence-electron chi connectivity index (χ1n) is 9.30. The second-order valence-corrected chi connectivity index (χ2v) is 6.77. The van der Waals surface area contributed by atoms with Gasteiger partial charge in [-0.15, -0.1) is 0 Å². The van der Waals surface area contributed by atoms with Crippen LogP contribution in [0.1, 0.15) is 36.2 Å². The predicted molar refractivity (Wildman–Crippen MR) is 105 cm³/mol. The molecule has 2 heterocycles. The minimum Gasteiger partial charge on any atom is -0.351 e. The van der Waals surface area contributed by atoms with Gasteiger partial charge in [-0.05, 0) is 42.7 Å². The average molecular weight is 377 g/mol. The van der Waals surface area contributed by atoms with E-state index in [4.69, 9.17) is 0 Å². The number of hydrogen-bond donors (Lipinski definition) is 2. The van der Waals surface area contributed by atoms with Gasteiger partial charge in [-0.1, -0.05) is 25.0 Å². The second kappa shape index (κ2) is 8.12. The Labute approximate surface area is 162 Å². The predicted octanol–water partition coefficient (Wildman–Crippen LogP) is 4.28. The van der Waals surface area contributed by atoms with Crippen LogP contribution in [0.5, 0.6) is 0 Å². The number of carbonyl (C=O) groups excluding carboxylic acids is 1. The van der Waals surface area contributed by atoms with E-state index < -0.39 is 0 Å². The summed E-state index contributed by atoms with van der Waals surface area (Å²) < 4.78 is 13.2. The fourth-order valence-electron chi connectivity index (χ4n) is 3.37. The zero-order chi connectivity index (χ0) is 19.3. The van der Waals surface area contributed by atoms with Crippen LogP contribution in [0.2, 0.25) is 0 Å². The van der Waals surface area contributed by atoms with Crippen molar-refractivity contribution >= 4 is 17.5 Å². The Balaban J connectivity index is 1.53. The summed E-state index contributed by atoms with van der Waals surface area (Å²) in [6.45, 7) is 0. The van der Waals surface area contributed by atoms with Crippen LogP contribution in [0.15, 0.2) is 55.0 Å². The highest BCUT2D eigenvalue weighted by atomic mass is 19.1. The van der Waals surface area contributed by atoms with E-state index in [-0.39, 0.29) is 17.4 Å². The SMILES string of the molecule is O=C(Nc1cnccc1-c1ccc(F)cc1)c1ccnc(NC2CCCC2)n1. The first-order chi connectivity index (χ1) is 13.7. The number of halogens is 1. The van der Waals surface area contributed by atoms with E-state index in [1.165, 1.54) is 25.0 Å². The van der Waals surface area contributed by atoms with Gasteiger partial charge in [-0.2, -0.15) is 0 Å². The van der Waals surface area contributed by atoms with Gasteiger partial charge in [-0.25, -0.2) is 14.4 Å². The number of amides is 1. The quantitative estimate of drug-likeness (QED) is 0.694. The van der Waals surface area contributed by atoms with E-state index in [2.05, 4.69) is 25.6 Å². The number of benzene rings is 1. The van der Waals surface area contributed by atoms with Crippen LogP contribution < -0.4 is 10.6 Å². The van der Waals surface area contributed by atoms with Gasteiger partial charge < -0.3 is 10.6 Å². The molecule has 28 heavy (non-hydrogen) atoms. The summed E-state index contributed by atoms with van der Waals surface area (Å²) in [7, 11) is 0. The van der Waals surface area contributed by atoms with Gasteiger partial charge >= 0.3 is 0 Å². The summed E-state index contributed by atoms with van der Waals surface area (Å²) >= 11 is 0. The van der Waals surface area contributed by atoms with E-state index in [1.54, 1.807) is 42.9 Å². The lowest BCUT2D eigenvalue weighted by molar-refractivity contribution is 0.102. The van der Waals surface area contributed by atoms with Crippen LogP contribution >= 0.6 is 0 Å². The second-order valence-electron chi connectivity index (χ2n) is 6.77. The van der Waals surface area contributed by atoms with Crippen molar-refractivity contribution in [2.45, 2.75) is 31.7 Å². The molecule has 2 aromatic heterocycles. The number of aromatic nitrogens is 3. The maximum Gasteiger partial charge on any atom is 0.274 e. The number of carbonyl (C=O) groups is 1. The summed E-state index contributed by atoms with van der Waals surface area (Å²) in [5.41, 5.74) is 2.33. The molecule has 4 rings (SSSR count). The standard InChI is InChI=1S/C21H20FN5O/c22-15-7-5-14(6-8-15)17-9-11-23-13-19(17)26-20(28)18-10-12-24-21(27-18)25-16-3-1-2-4-16/h5-13,16H,1-4H2,(H,26,28)(H,24,25,27). The summed E-state index contributed by atoms with van der Waals surface area (Å²) in [4.78, 5) is 25.4. The van der Waals surface area contributed by atoms with Crippen molar-refractivity contribution < 1.29 is 9.18 Å². The Morgan fingerprint density at radius 3 is 2.61 bits per heavy atom. The number of anilines is 2. The summed E-state index contributed by atoms with van der Waals surface area (Å²) in [5, 5.41) is 6.14. The fraction of sp³-hybridized carbons (Fsp3) is 0.238. The number of nitrogens with zero attached hydrogens (tertiary/aromatic N) is 3. The number of nitrogens with one attached hydrogen (secondary N) is 2. The van der Waals surface area contributed by atoms with E-state index in [0.717, 1.165) is 24.0 Å². The Morgan fingerprint density at radius 1 is 1.04 bits per heavy atom. The van der Waals surface area contributed by atoms with Crippen LogP contribution in [-0.4, -0.2) is 26.9 Å². The van der Waals surface area contributed by atoms with Crippen LogP contribution in [0.3, 0.4) is 0 Å². The fourth-order valence-corrected chi connectivity index (χ4v) is 3.37. The number of pyridine rings is 1. The molecule has 0 bridgehead atoms. The van der Waals surface area contributed by atoms with Crippen molar-refractivity contribution in [2.75, 3.05) is 10.6 Å². The maximum atomic E-state index is 13.2. The van der Waals surface area contributed by atoms with Crippen molar-refractivity contribution in [2.24, 2.45) is 0 Å². The Morgan fingerprint density at radius 2 is 1.82 bits per heavy atom. The Bertz CT molecular complexity index is 971. The first kappa shape index (κ1) is 18.0. The molecule has 0 aliphatic heterocycles. The largest absolute Gasteiger partial charge is 0.351 e. The molecule has 0 saturated heterocycles. The molecule has 2 N–H and O–H groups in total. The highest BCUT2D eigenvalue weighted by Gasteiger charge is 2.17. The third-order valence-corrected chi connectivity index (χ3v) is 4.80. The molecule has 1 saturated carbocycles. The third kappa shape index (κ3) is 4.14. The molecule has 1 aliphatic rings. The van der Waals surface area contributed by atoms with Crippen LogP contribution in [0.4, 0.5) is 16.0 Å². The van der Waals surface area contributed by atoms with E-state index >= 15 is 0 Å². The molecule has 1 aromatic carbocycles. The normalized spacial score (nSPS) is 14.0. The topological polar surface area (TPSA) is 79.8 Å². The zero-order valence-electron chi connectivity index (χ0n) is 15.2. The highest BCUT2D eigenvalue weighted by molar-refractivity contribution is 6.05. The average Bonchev–Trinajstić information content (AvgIpc) is 3.22. The molecule has 0 atom stereocenters. The van der Waals surface area contributed by atoms with Crippen molar-refractivity contribution in [3.63, 3.8) is 0 Å². The van der Waals surface area contributed by atoms with Gasteiger partial charge in [0.25, 0.3) is 5.91 Å². The van der Waals surface area contributed by atoms with Gasteiger partial charge in [0.1, 0.15) is 11.5 Å². The van der Waals surface area contributed by atoms with E-state index in [1.807, 2.05) is 0 Å². The highest BCUT2D eigenvalue weighted by Crippen LogP contribution is 2.27. The maximum absolute atomic E-state index is 13.2. The molecule has 0 radical (unpaired) electrons.